The Bertz CT molecular complexity index is 894. The molecular formula is C27H36N2O4. The zero-order valence-corrected chi connectivity index (χ0v) is 19.5. The van der Waals surface area contributed by atoms with Gasteiger partial charge in [-0.15, -0.1) is 0 Å². The normalized spacial score (nSPS) is 22.0. The number of hydrogen-bond donors (Lipinski definition) is 3. The number of esters is 1. The smallest absolute Gasteiger partial charge is 0.306 e. The number of fused-ring (bicyclic) bond motifs is 1. The molecule has 3 N–H and O–H groups in total. The van der Waals surface area contributed by atoms with E-state index in [2.05, 4.69) is 10.8 Å². The molecule has 2 aromatic carbocycles. The van der Waals surface area contributed by atoms with E-state index in [9.17, 15) is 9.90 Å². The molecule has 0 radical (unpaired) electrons. The van der Waals surface area contributed by atoms with Gasteiger partial charge in [0.05, 0.1) is 19.6 Å². The third-order valence-electron chi connectivity index (χ3n) is 6.99. The van der Waals surface area contributed by atoms with Crippen molar-refractivity contribution in [2.24, 2.45) is 17.8 Å². The van der Waals surface area contributed by atoms with Gasteiger partial charge >= 0.3 is 5.97 Å². The van der Waals surface area contributed by atoms with Crippen molar-refractivity contribution in [3.63, 3.8) is 0 Å². The Morgan fingerprint density at radius 1 is 1.12 bits per heavy atom. The molecule has 2 aliphatic rings. The fourth-order valence-corrected chi connectivity index (χ4v) is 5.07. The summed E-state index contributed by atoms with van der Waals surface area (Å²) in [6.07, 6.45) is 3.00. The summed E-state index contributed by atoms with van der Waals surface area (Å²) in [5.74, 6) is 2.34. The van der Waals surface area contributed by atoms with Crippen LogP contribution in [0, 0.1) is 24.7 Å². The average molecular weight is 453 g/mol. The summed E-state index contributed by atoms with van der Waals surface area (Å²) in [6.45, 7) is 6.25. The highest BCUT2D eigenvalue weighted by molar-refractivity contribution is 5.72. The summed E-state index contributed by atoms with van der Waals surface area (Å²) in [5, 5.41) is 13.8. The van der Waals surface area contributed by atoms with E-state index in [1.165, 1.54) is 13.1 Å². The molecule has 0 spiro atoms. The Morgan fingerprint density at radius 3 is 2.70 bits per heavy atom. The van der Waals surface area contributed by atoms with E-state index in [1.54, 1.807) is 6.07 Å². The number of carbonyl (C=O) groups is 1. The number of nitrogens with one attached hydrogen (secondary N) is 2. The molecular weight excluding hydrogens is 416 g/mol. The van der Waals surface area contributed by atoms with E-state index < -0.39 is 0 Å². The number of benzene rings is 2. The van der Waals surface area contributed by atoms with Gasteiger partial charge in [0.15, 0.2) is 0 Å². The Kier molecular flexibility index (Phi) is 8.37. The largest absolute Gasteiger partial charge is 0.508 e. The van der Waals surface area contributed by atoms with Crippen molar-refractivity contribution in [1.29, 1.82) is 0 Å². The SMILES string of the molecule is Cc1ccc(O)c(C(CC(=O)OCCCCNOCCC2C3CNCC23)c2ccccc2)c1. The van der Waals surface area contributed by atoms with Gasteiger partial charge in [0.25, 0.3) is 0 Å². The van der Waals surface area contributed by atoms with E-state index in [4.69, 9.17) is 9.57 Å². The molecule has 0 amide bonds. The topological polar surface area (TPSA) is 79.8 Å². The minimum Gasteiger partial charge on any atom is -0.508 e. The van der Waals surface area contributed by atoms with Gasteiger partial charge in [-0.05, 0) is 68.7 Å². The van der Waals surface area contributed by atoms with Crippen molar-refractivity contribution in [1.82, 2.24) is 10.8 Å². The lowest BCUT2D eigenvalue weighted by Crippen LogP contribution is -2.19. The van der Waals surface area contributed by atoms with E-state index >= 15 is 0 Å². The summed E-state index contributed by atoms with van der Waals surface area (Å²) in [6, 6.07) is 15.3. The van der Waals surface area contributed by atoms with Gasteiger partial charge in [-0.3, -0.25) is 4.79 Å². The van der Waals surface area contributed by atoms with Crippen LogP contribution in [-0.2, 0) is 14.4 Å². The van der Waals surface area contributed by atoms with Crippen LogP contribution < -0.4 is 10.8 Å². The van der Waals surface area contributed by atoms with E-state index in [1.807, 2.05) is 49.4 Å². The summed E-state index contributed by atoms with van der Waals surface area (Å²) in [7, 11) is 0. The number of ether oxygens (including phenoxy) is 1. The highest BCUT2D eigenvalue weighted by atomic mass is 16.6. The Balaban J connectivity index is 1.13. The minimum absolute atomic E-state index is 0.195. The molecule has 6 heteroatoms. The first-order valence-electron chi connectivity index (χ1n) is 12.2. The number of hydroxylamine groups is 1. The molecule has 33 heavy (non-hydrogen) atoms. The van der Waals surface area contributed by atoms with Crippen LogP contribution in [0.5, 0.6) is 5.75 Å². The second-order valence-corrected chi connectivity index (χ2v) is 9.34. The summed E-state index contributed by atoms with van der Waals surface area (Å²) in [4.78, 5) is 18.1. The second kappa shape index (κ2) is 11.6. The molecule has 178 valence electrons. The highest BCUT2D eigenvalue weighted by Gasteiger charge is 2.51. The number of aromatic hydroxyl groups is 1. The zero-order chi connectivity index (χ0) is 23.0. The lowest BCUT2D eigenvalue weighted by Gasteiger charge is -2.19. The molecule has 0 aromatic heterocycles. The van der Waals surface area contributed by atoms with E-state index in [0.29, 0.717) is 6.61 Å². The lowest BCUT2D eigenvalue weighted by molar-refractivity contribution is -0.144. The lowest BCUT2D eigenvalue weighted by atomic mass is 9.87. The maximum Gasteiger partial charge on any atom is 0.306 e. The van der Waals surface area contributed by atoms with Crippen molar-refractivity contribution in [2.45, 2.75) is 38.5 Å². The van der Waals surface area contributed by atoms with Crippen molar-refractivity contribution < 1.29 is 19.5 Å². The van der Waals surface area contributed by atoms with Crippen LogP contribution in [0.2, 0.25) is 0 Å². The molecule has 1 saturated carbocycles. The molecule has 0 bridgehead atoms. The standard InChI is InChI=1S/C27H36N2O4/c1-19-9-10-26(30)23(15-19)22(20-7-3-2-4-8-20)16-27(31)32-13-6-5-12-29-33-14-11-21-24-17-28-18-25(21)24/h2-4,7-10,15,21-22,24-25,28-30H,5-6,11-14,16-18H2,1H3. The van der Waals surface area contributed by atoms with Crippen molar-refractivity contribution >= 4 is 5.97 Å². The summed E-state index contributed by atoms with van der Waals surface area (Å²) < 4.78 is 5.50. The zero-order valence-electron chi connectivity index (χ0n) is 19.5. The molecule has 1 aliphatic heterocycles. The molecule has 1 saturated heterocycles. The average Bonchev–Trinajstić information content (AvgIpc) is 3.24. The van der Waals surface area contributed by atoms with Gasteiger partial charge in [-0.25, -0.2) is 5.48 Å². The Hall–Kier alpha value is -2.41. The molecule has 6 nitrogen and oxygen atoms in total. The van der Waals surface area contributed by atoms with Gasteiger partial charge in [0.2, 0.25) is 0 Å². The van der Waals surface area contributed by atoms with Crippen LogP contribution in [0.4, 0.5) is 0 Å². The van der Waals surface area contributed by atoms with Crippen LogP contribution >= 0.6 is 0 Å². The number of piperidine rings is 1. The minimum atomic E-state index is -0.251. The predicted octanol–water partition coefficient (Wildman–Crippen LogP) is 3.92. The molecule has 1 aliphatic carbocycles. The van der Waals surface area contributed by atoms with Gasteiger partial charge in [-0.2, -0.15) is 0 Å². The number of hydrogen-bond acceptors (Lipinski definition) is 6. The predicted molar refractivity (Wildman–Crippen MR) is 128 cm³/mol. The van der Waals surface area contributed by atoms with Gasteiger partial charge in [-0.1, -0.05) is 48.0 Å². The van der Waals surface area contributed by atoms with Crippen LogP contribution in [0.15, 0.2) is 48.5 Å². The Morgan fingerprint density at radius 2 is 1.91 bits per heavy atom. The molecule has 3 atom stereocenters. The van der Waals surface area contributed by atoms with E-state index in [-0.39, 0.29) is 24.1 Å². The molecule has 1 heterocycles. The fourth-order valence-electron chi connectivity index (χ4n) is 5.07. The molecule has 3 unspecified atom stereocenters. The van der Waals surface area contributed by atoms with Gasteiger partial charge in [0, 0.05) is 18.0 Å². The number of phenolic OH excluding ortho intramolecular Hbond substituents is 1. The van der Waals surface area contributed by atoms with E-state index in [0.717, 1.165) is 66.9 Å². The first-order chi connectivity index (χ1) is 16.1. The number of aryl methyl sites for hydroxylation is 1. The molecule has 2 fully saturated rings. The van der Waals surface area contributed by atoms with Gasteiger partial charge in [0.1, 0.15) is 5.75 Å². The van der Waals surface area contributed by atoms with Crippen LogP contribution in [-0.4, -0.2) is 43.9 Å². The number of unbranched alkanes of at least 4 members (excludes halogenated alkanes) is 1. The van der Waals surface area contributed by atoms with Crippen LogP contribution in [0.25, 0.3) is 0 Å². The molecule has 4 rings (SSSR count). The third kappa shape index (κ3) is 6.56. The first-order valence-corrected chi connectivity index (χ1v) is 12.2. The summed E-state index contributed by atoms with van der Waals surface area (Å²) >= 11 is 0. The van der Waals surface area contributed by atoms with Crippen molar-refractivity contribution in [2.75, 3.05) is 32.8 Å². The number of carbonyl (C=O) groups excluding carboxylic acids is 1. The molecule has 2 aromatic rings. The maximum atomic E-state index is 12.6. The number of phenols is 1. The van der Waals surface area contributed by atoms with Crippen molar-refractivity contribution in [3.8, 4) is 5.75 Å². The highest BCUT2D eigenvalue weighted by Crippen LogP contribution is 2.50. The van der Waals surface area contributed by atoms with Crippen molar-refractivity contribution in [3.05, 3.63) is 65.2 Å². The van der Waals surface area contributed by atoms with Gasteiger partial charge < -0.3 is 20.0 Å². The number of rotatable bonds is 13. The fraction of sp³-hybridized carbons (Fsp3) is 0.519. The van der Waals surface area contributed by atoms with Crippen LogP contribution in [0.1, 0.15) is 48.3 Å². The second-order valence-electron chi connectivity index (χ2n) is 9.34. The first kappa shape index (κ1) is 23.7. The monoisotopic (exact) mass is 452 g/mol. The van der Waals surface area contributed by atoms with Crippen LogP contribution in [0.3, 0.4) is 0 Å². The summed E-state index contributed by atoms with van der Waals surface area (Å²) in [5.41, 5.74) is 5.81. The third-order valence-corrected chi connectivity index (χ3v) is 6.99. The Labute approximate surface area is 196 Å². The maximum absolute atomic E-state index is 12.6. The quantitative estimate of drug-likeness (QED) is 0.243.